The zero-order chi connectivity index (χ0) is 19.5. The molecule has 0 radical (unpaired) electrons. The average Bonchev–Trinajstić information content (AvgIpc) is 2.50. The van der Waals surface area contributed by atoms with E-state index in [2.05, 4.69) is 0 Å². The second kappa shape index (κ2) is 8.29. The Hall–Kier alpha value is -2.45. The van der Waals surface area contributed by atoms with Gasteiger partial charge < -0.3 is 26.5 Å². The standard InChI is InChI=1S/C18H25NO6.H3N/c1-16(2,3)25-14(22)17(4,5)18(19,13(20)21)15(23)24-11-12-9-7-6-8-10-12;/h6-10H,11,19H2,1-5H3,(H,20,21);1H3. The summed E-state index contributed by atoms with van der Waals surface area (Å²) in [5, 5.41) is 9.55. The Kier molecular flexibility index (Phi) is 7.51. The number of benzene rings is 1. The molecular formula is C18H28N2O6. The van der Waals surface area contributed by atoms with Crippen LogP contribution in [0.3, 0.4) is 0 Å². The van der Waals surface area contributed by atoms with Crippen molar-refractivity contribution in [3.8, 4) is 0 Å². The molecule has 0 heterocycles. The number of hydrogen-bond donors (Lipinski definition) is 3. The zero-order valence-corrected chi connectivity index (χ0v) is 15.9. The second-order valence-corrected chi connectivity index (χ2v) is 7.30. The maximum atomic E-state index is 12.5. The lowest BCUT2D eigenvalue weighted by molar-refractivity contribution is -0.184. The number of ether oxygens (including phenoxy) is 2. The molecule has 8 heteroatoms. The first kappa shape index (κ1) is 23.5. The first-order chi connectivity index (χ1) is 11.3. The highest BCUT2D eigenvalue weighted by molar-refractivity contribution is 6.09. The summed E-state index contributed by atoms with van der Waals surface area (Å²) in [5.74, 6) is -3.78. The molecule has 0 aliphatic rings. The summed E-state index contributed by atoms with van der Waals surface area (Å²) in [6.07, 6.45) is 0. The van der Waals surface area contributed by atoms with Crippen molar-refractivity contribution in [1.82, 2.24) is 6.15 Å². The van der Waals surface area contributed by atoms with Gasteiger partial charge in [0.2, 0.25) is 5.54 Å². The highest BCUT2D eigenvalue weighted by Gasteiger charge is 2.61. The van der Waals surface area contributed by atoms with Gasteiger partial charge in [-0.25, -0.2) is 9.59 Å². The van der Waals surface area contributed by atoms with Crippen LogP contribution in [0.2, 0.25) is 0 Å². The molecule has 1 aromatic rings. The van der Waals surface area contributed by atoms with Crippen LogP contribution in [0.15, 0.2) is 30.3 Å². The summed E-state index contributed by atoms with van der Waals surface area (Å²) in [5.41, 5.74) is 1.24. The predicted molar refractivity (Wildman–Crippen MR) is 95.4 cm³/mol. The third-order valence-electron chi connectivity index (χ3n) is 3.77. The van der Waals surface area contributed by atoms with Crippen LogP contribution < -0.4 is 11.9 Å². The van der Waals surface area contributed by atoms with Gasteiger partial charge >= 0.3 is 17.9 Å². The van der Waals surface area contributed by atoms with E-state index < -0.39 is 34.5 Å². The summed E-state index contributed by atoms with van der Waals surface area (Å²) in [6, 6.07) is 8.72. The van der Waals surface area contributed by atoms with Gasteiger partial charge in [-0.3, -0.25) is 4.79 Å². The minimum Gasteiger partial charge on any atom is -0.479 e. The number of carboxylic acids is 1. The molecule has 1 aromatic carbocycles. The lowest BCUT2D eigenvalue weighted by Crippen LogP contribution is -2.67. The quantitative estimate of drug-likeness (QED) is 0.509. The third-order valence-corrected chi connectivity index (χ3v) is 3.77. The van der Waals surface area contributed by atoms with E-state index in [1.165, 1.54) is 13.8 Å². The summed E-state index contributed by atoms with van der Waals surface area (Å²) >= 11 is 0. The number of nitrogens with two attached hydrogens (primary N) is 1. The number of aliphatic carboxylic acids is 1. The molecule has 1 atom stereocenters. The van der Waals surface area contributed by atoms with Crippen molar-refractivity contribution in [2.24, 2.45) is 11.1 Å². The van der Waals surface area contributed by atoms with E-state index in [1.807, 2.05) is 0 Å². The van der Waals surface area contributed by atoms with Crippen LogP contribution in [0.5, 0.6) is 0 Å². The molecule has 0 saturated carbocycles. The highest BCUT2D eigenvalue weighted by Crippen LogP contribution is 2.34. The van der Waals surface area contributed by atoms with Gasteiger partial charge in [0, 0.05) is 0 Å². The van der Waals surface area contributed by atoms with Crippen molar-refractivity contribution < 1.29 is 29.0 Å². The van der Waals surface area contributed by atoms with Gasteiger partial charge in [0.25, 0.3) is 0 Å². The number of hydrogen-bond acceptors (Lipinski definition) is 7. The van der Waals surface area contributed by atoms with Crippen LogP contribution in [0.4, 0.5) is 0 Å². The Labute approximate surface area is 153 Å². The van der Waals surface area contributed by atoms with Crippen molar-refractivity contribution in [2.75, 3.05) is 0 Å². The largest absolute Gasteiger partial charge is 0.479 e. The average molecular weight is 368 g/mol. The molecule has 0 fully saturated rings. The molecule has 1 unspecified atom stereocenters. The van der Waals surface area contributed by atoms with Crippen LogP contribution in [0.25, 0.3) is 0 Å². The Bertz CT molecular complexity index is 651. The minimum absolute atomic E-state index is 0. The number of carbonyl (C=O) groups is 3. The predicted octanol–water partition coefficient (Wildman–Crippen LogP) is 2.04. The van der Waals surface area contributed by atoms with Gasteiger partial charge in [-0.15, -0.1) is 0 Å². The Morgan fingerprint density at radius 1 is 1.00 bits per heavy atom. The molecule has 0 aliphatic heterocycles. The second-order valence-electron chi connectivity index (χ2n) is 7.30. The fraction of sp³-hybridized carbons (Fsp3) is 0.500. The lowest BCUT2D eigenvalue weighted by atomic mass is 9.72. The molecule has 6 N–H and O–H groups in total. The fourth-order valence-corrected chi connectivity index (χ4v) is 2.01. The maximum absolute atomic E-state index is 12.5. The van der Waals surface area contributed by atoms with Crippen LogP contribution in [0.1, 0.15) is 40.2 Å². The van der Waals surface area contributed by atoms with Gasteiger partial charge in [-0.05, 0) is 40.2 Å². The van der Waals surface area contributed by atoms with Crippen molar-refractivity contribution >= 4 is 17.9 Å². The summed E-state index contributed by atoms with van der Waals surface area (Å²) in [7, 11) is 0. The summed E-state index contributed by atoms with van der Waals surface area (Å²) in [6.45, 7) is 7.24. The van der Waals surface area contributed by atoms with Crippen molar-refractivity contribution in [1.29, 1.82) is 0 Å². The molecule has 0 amide bonds. The van der Waals surface area contributed by atoms with E-state index in [1.54, 1.807) is 51.1 Å². The van der Waals surface area contributed by atoms with Gasteiger partial charge in [0.05, 0.1) is 0 Å². The molecule has 0 aromatic heterocycles. The fourth-order valence-electron chi connectivity index (χ4n) is 2.01. The molecule has 1 rings (SSSR count). The third kappa shape index (κ3) is 5.03. The summed E-state index contributed by atoms with van der Waals surface area (Å²) < 4.78 is 10.3. The van der Waals surface area contributed by atoms with Gasteiger partial charge in [0.1, 0.15) is 17.6 Å². The van der Waals surface area contributed by atoms with Gasteiger partial charge in [-0.1, -0.05) is 30.3 Å². The molecule has 8 nitrogen and oxygen atoms in total. The normalized spacial score (nSPS) is 13.8. The Morgan fingerprint density at radius 2 is 1.50 bits per heavy atom. The van der Waals surface area contributed by atoms with E-state index in [9.17, 15) is 19.5 Å². The van der Waals surface area contributed by atoms with Crippen molar-refractivity contribution in [3.05, 3.63) is 35.9 Å². The van der Waals surface area contributed by atoms with Crippen molar-refractivity contribution in [2.45, 2.75) is 52.4 Å². The highest BCUT2D eigenvalue weighted by atomic mass is 16.6. The molecule has 0 aliphatic carbocycles. The van der Waals surface area contributed by atoms with Gasteiger partial charge in [-0.2, -0.15) is 0 Å². The molecule has 146 valence electrons. The van der Waals surface area contributed by atoms with E-state index >= 15 is 0 Å². The Balaban J connectivity index is 0.00000625. The monoisotopic (exact) mass is 368 g/mol. The van der Waals surface area contributed by atoms with Crippen molar-refractivity contribution in [3.63, 3.8) is 0 Å². The molecule has 0 saturated heterocycles. The zero-order valence-electron chi connectivity index (χ0n) is 15.9. The van der Waals surface area contributed by atoms with E-state index in [-0.39, 0.29) is 12.8 Å². The van der Waals surface area contributed by atoms with Crippen LogP contribution in [0, 0.1) is 5.41 Å². The molecular weight excluding hydrogens is 340 g/mol. The minimum atomic E-state index is -2.59. The lowest BCUT2D eigenvalue weighted by Gasteiger charge is -2.37. The van der Waals surface area contributed by atoms with Crippen LogP contribution in [-0.2, 0) is 30.5 Å². The number of carbonyl (C=O) groups excluding carboxylic acids is 2. The van der Waals surface area contributed by atoms with E-state index in [0.29, 0.717) is 5.56 Å². The first-order valence-corrected chi connectivity index (χ1v) is 7.79. The SMILES string of the molecule is CC(C)(C)OC(=O)C(C)(C)C(N)(C(=O)O)C(=O)OCc1ccccc1.N. The van der Waals surface area contributed by atoms with E-state index in [4.69, 9.17) is 15.2 Å². The number of carboxylic acid groups (broad SMARTS) is 1. The topological polar surface area (TPSA) is 151 Å². The smallest absolute Gasteiger partial charge is 0.339 e. The summed E-state index contributed by atoms with van der Waals surface area (Å²) in [4.78, 5) is 36.7. The Morgan fingerprint density at radius 3 is 1.92 bits per heavy atom. The number of esters is 2. The molecule has 0 spiro atoms. The molecule has 26 heavy (non-hydrogen) atoms. The van der Waals surface area contributed by atoms with Crippen LogP contribution >= 0.6 is 0 Å². The van der Waals surface area contributed by atoms with E-state index in [0.717, 1.165) is 0 Å². The molecule has 0 bridgehead atoms. The number of rotatable bonds is 6. The van der Waals surface area contributed by atoms with Crippen LogP contribution in [-0.4, -0.2) is 34.2 Å². The maximum Gasteiger partial charge on any atom is 0.339 e. The first-order valence-electron chi connectivity index (χ1n) is 7.79. The van der Waals surface area contributed by atoms with Gasteiger partial charge in [0.15, 0.2) is 0 Å².